The first kappa shape index (κ1) is 27.7. The van der Waals surface area contributed by atoms with Gasteiger partial charge >= 0.3 is 6.09 Å². The molecule has 1 fully saturated rings. The number of alkyl halides is 2. The quantitative estimate of drug-likeness (QED) is 0.332. The third-order valence-corrected chi connectivity index (χ3v) is 9.08. The predicted octanol–water partition coefficient (Wildman–Crippen LogP) is 4.23. The van der Waals surface area contributed by atoms with Crippen LogP contribution < -0.4 is 14.8 Å². The standard InChI is InChI=1S/C24H26F3N7O5S/c1-24(13-40(37)30-6-2-3-7-34(40)22(32-24)31-23(35)36)15-8-14(4-5-16(15)25)19-9-17(33-39-19)18-10-29-21(11-28-18)38-12-20(26)27/h4-5,8-11,20,30,37H,2-3,6-7,12-13H2,1H3,(H,31,32)(H,35,36)/t24-/m0/s1. The maximum Gasteiger partial charge on any atom is 0.411 e. The molecule has 0 saturated carbocycles. The molecule has 0 aliphatic carbocycles. The molecule has 2 aromatic heterocycles. The number of ether oxygens (including phenoxy) is 1. The van der Waals surface area contributed by atoms with Crippen molar-refractivity contribution in [2.45, 2.75) is 31.7 Å². The summed E-state index contributed by atoms with van der Waals surface area (Å²) < 4.78 is 66.6. The van der Waals surface area contributed by atoms with Gasteiger partial charge < -0.3 is 18.9 Å². The zero-order valence-corrected chi connectivity index (χ0v) is 22.0. The maximum absolute atomic E-state index is 15.3. The fourth-order valence-electron chi connectivity index (χ4n) is 4.56. The SMILES string of the molecule is C[C@@]1(c2cc(-c3cc(-c4cnc(OCC(F)F)cn4)no3)ccc2F)CS2(O)NCCCCN2C(NC(=O)O)=N1. The number of guanidine groups is 1. The molecular formula is C24H26F3N7O5S. The minimum atomic E-state index is -2.75. The van der Waals surface area contributed by atoms with E-state index in [1.54, 1.807) is 13.0 Å². The highest BCUT2D eigenvalue weighted by molar-refractivity contribution is 8.26. The molecule has 0 bridgehead atoms. The van der Waals surface area contributed by atoms with Crippen LogP contribution in [0.15, 0.2) is 46.2 Å². The van der Waals surface area contributed by atoms with E-state index in [0.29, 0.717) is 36.5 Å². The molecule has 0 spiro atoms. The van der Waals surface area contributed by atoms with Crippen LogP contribution in [-0.2, 0) is 5.54 Å². The molecule has 2 aliphatic heterocycles. The fraction of sp³-hybridized carbons (Fsp3) is 0.375. The van der Waals surface area contributed by atoms with E-state index in [-0.39, 0.29) is 28.9 Å². The molecule has 1 amide bonds. The van der Waals surface area contributed by atoms with Gasteiger partial charge in [0.25, 0.3) is 6.43 Å². The molecule has 1 aromatic carbocycles. The van der Waals surface area contributed by atoms with Crippen LogP contribution in [0.25, 0.3) is 22.7 Å². The number of aromatic nitrogens is 3. The van der Waals surface area contributed by atoms with Crippen LogP contribution in [-0.4, -0.2) is 73.0 Å². The summed E-state index contributed by atoms with van der Waals surface area (Å²) in [5.41, 5.74) is -0.180. The van der Waals surface area contributed by atoms with E-state index in [2.05, 4.69) is 30.2 Å². The second kappa shape index (κ2) is 10.9. The monoisotopic (exact) mass is 581 g/mol. The Kier molecular flexibility index (Phi) is 7.57. The van der Waals surface area contributed by atoms with Crippen molar-refractivity contribution in [3.05, 3.63) is 48.0 Å². The first-order chi connectivity index (χ1) is 19.1. The number of benzene rings is 1. The molecule has 3 aromatic rings. The molecular weight excluding hydrogens is 555 g/mol. The number of amides is 1. The number of nitrogens with zero attached hydrogens (tertiary/aromatic N) is 5. The molecule has 40 heavy (non-hydrogen) atoms. The Morgan fingerprint density at radius 3 is 2.83 bits per heavy atom. The van der Waals surface area contributed by atoms with Gasteiger partial charge in [-0.05, 0) is 38.0 Å². The number of halogens is 3. The van der Waals surface area contributed by atoms with E-state index >= 15 is 4.39 Å². The summed E-state index contributed by atoms with van der Waals surface area (Å²) in [7, 11) is -2.75. The Hall–Kier alpha value is -3.89. The van der Waals surface area contributed by atoms with Gasteiger partial charge in [0, 0.05) is 41.0 Å². The highest BCUT2D eigenvalue weighted by Gasteiger charge is 2.47. The van der Waals surface area contributed by atoms with Gasteiger partial charge in [0.2, 0.25) is 11.8 Å². The molecule has 1 unspecified atom stereocenters. The highest BCUT2D eigenvalue weighted by atomic mass is 32.3. The average Bonchev–Trinajstić information content (AvgIpc) is 3.30. The first-order valence-corrected chi connectivity index (χ1v) is 13.9. The number of carbonyl (C=O) groups is 1. The van der Waals surface area contributed by atoms with E-state index in [1.807, 2.05) is 0 Å². The molecule has 214 valence electrons. The lowest BCUT2D eigenvalue weighted by atomic mass is 9.92. The molecule has 4 heterocycles. The van der Waals surface area contributed by atoms with Gasteiger partial charge in [-0.25, -0.2) is 37.6 Å². The summed E-state index contributed by atoms with van der Waals surface area (Å²) in [6, 6.07) is 5.79. The third kappa shape index (κ3) is 5.68. The van der Waals surface area contributed by atoms with Gasteiger partial charge in [-0.15, -0.1) is 0 Å². The normalized spacial score (nSPS) is 24.4. The van der Waals surface area contributed by atoms with Crippen LogP contribution in [0.5, 0.6) is 5.88 Å². The minimum Gasteiger partial charge on any atom is -0.470 e. The molecule has 2 aliphatic rings. The lowest BCUT2D eigenvalue weighted by molar-refractivity contribution is 0.0794. The Morgan fingerprint density at radius 2 is 2.10 bits per heavy atom. The highest BCUT2D eigenvalue weighted by Crippen LogP contribution is 2.54. The smallest absolute Gasteiger partial charge is 0.411 e. The number of fused-ring (bicyclic) bond motifs is 1. The Labute approximate surface area is 228 Å². The van der Waals surface area contributed by atoms with E-state index < -0.39 is 41.2 Å². The summed E-state index contributed by atoms with van der Waals surface area (Å²) in [4.78, 5) is 24.2. The van der Waals surface area contributed by atoms with Crippen LogP contribution in [0.4, 0.5) is 18.0 Å². The van der Waals surface area contributed by atoms with Crippen molar-refractivity contribution < 1.29 is 36.9 Å². The summed E-state index contributed by atoms with van der Waals surface area (Å²) in [6.45, 7) is 1.73. The van der Waals surface area contributed by atoms with Crippen molar-refractivity contribution in [1.82, 2.24) is 29.5 Å². The summed E-state index contributed by atoms with van der Waals surface area (Å²) in [5, 5.41) is 15.7. The fourth-order valence-corrected chi connectivity index (χ4v) is 7.25. The maximum atomic E-state index is 15.3. The van der Waals surface area contributed by atoms with Crippen LogP contribution >= 0.6 is 10.7 Å². The number of rotatable bonds is 6. The van der Waals surface area contributed by atoms with Crippen LogP contribution in [0.3, 0.4) is 0 Å². The number of hydrogen-bond acceptors (Lipinski definition) is 10. The Bertz CT molecular complexity index is 1430. The largest absolute Gasteiger partial charge is 0.470 e. The Balaban J connectivity index is 1.46. The third-order valence-electron chi connectivity index (χ3n) is 6.36. The molecule has 1 saturated heterocycles. The van der Waals surface area contributed by atoms with Crippen molar-refractivity contribution in [1.29, 1.82) is 0 Å². The average molecular weight is 582 g/mol. The number of nitrogens with one attached hydrogen (secondary N) is 2. The molecule has 16 heteroatoms. The Morgan fingerprint density at radius 1 is 1.27 bits per heavy atom. The zero-order chi connectivity index (χ0) is 28.5. The number of hydrogen-bond donors (Lipinski definition) is 4. The molecule has 5 rings (SSSR count). The van der Waals surface area contributed by atoms with Crippen LogP contribution in [0, 0.1) is 5.82 Å². The number of carboxylic acid groups (broad SMARTS) is 1. The molecule has 0 radical (unpaired) electrons. The first-order valence-electron chi connectivity index (χ1n) is 12.2. The molecule has 2 atom stereocenters. The van der Waals surface area contributed by atoms with Gasteiger partial charge in [-0.3, -0.25) is 9.62 Å². The van der Waals surface area contributed by atoms with E-state index in [9.17, 15) is 23.2 Å². The lowest BCUT2D eigenvalue weighted by Crippen LogP contribution is -2.55. The predicted molar refractivity (Wildman–Crippen MR) is 139 cm³/mol. The number of aliphatic imine (C=N–C) groups is 1. The van der Waals surface area contributed by atoms with E-state index in [1.165, 1.54) is 34.9 Å². The second-order valence-corrected chi connectivity index (χ2v) is 11.7. The van der Waals surface area contributed by atoms with Gasteiger partial charge in [-0.2, -0.15) is 0 Å². The van der Waals surface area contributed by atoms with Crippen molar-refractivity contribution >= 4 is 22.7 Å². The van der Waals surface area contributed by atoms with Gasteiger partial charge in [0.1, 0.15) is 22.7 Å². The second-order valence-electron chi connectivity index (χ2n) is 9.37. The van der Waals surface area contributed by atoms with E-state index in [0.717, 1.165) is 6.42 Å². The van der Waals surface area contributed by atoms with Crippen LogP contribution in [0.1, 0.15) is 25.3 Å². The topological polar surface area (TPSA) is 158 Å². The van der Waals surface area contributed by atoms with Crippen molar-refractivity contribution in [2.24, 2.45) is 4.99 Å². The van der Waals surface area contributed by atoms with Crippen LogP contribution in [0.2, 0.25) is 0 Å². The summed E-state index contributed by atoms with van der Waals surface area (Å²) in [5.74, 6) is -0.440. The summed E-state index contributed by atoms with van der Waals surface area (Å²) >= 11 is 0. The molecule has 12 nitrogen and oxygen atoms in total. The zero-order valence-electron chi connectivity index (χ0n) is 21.2. The van der Waals surface area contributed by atoms with E-state index in [4.69, 9.17) is 9.26 Å². The van der Waals surface area contributed by atoms with Gasteiger partial charge in [0.05, 0.1) is 18.1 Å². The minimum absolute atomic E-state index is 0.0163. The van der Waals surface area contributed by atoms with Gasteiger partial charge in [0.15, 0.2) is 12.4 Å². The van der Waals surface area contributed by atoms with Crippen molar-refractivity contribution in [3.63, 3.8) is 0 Å². The lowest BCUT2D eigenvalue weighted by Gasteiger charge is -2.51. The van der Waals surface area contributed by atoms with Crippen molar-refractivity contribution in [2.75, 3.05) is 25.4 Å². The summed E-state index contributed by atoms with van der Waals surface area (Å²) in [6.07, 6.45) is -0.0293. The van der Waals surface area contributed by atoms with Gasteiger partial charge in [-0.1, -0.05) is 5.16 Å². The van der Waals surface area contributed by atoms with Crippen molar-refractivity contribution in [3.8, 4) is 28.6 Å². The molecule has 4 N–H and O–H groups in total.